The van der Waals surface area contributed by atoms with Crippen molar-refractivity contribution in [3.05, 3.63) is 94.8 Å². The van der Waals surface area contributed by atoms with Gasteiger partial charge in [-0.25, -0.2) is 0 Å². The number of pyridine rings is 1. The van der Waals surface area contributed by atoms with Crippen LogP contribution in [0.5, 0.6) is 5.75 Å². The van der Waals surface area contributed by atoms with Crippen molar-refractivity contribution in [3.8, 4) is 16.9 Å². The number of carbonyl (C=O) groups excluding carboxylic acids is 1. The molecule has 2 heterocycles. The minimum absolute atomic E-state index is 0.486. The third-order valence-electron chi connectivity index (χ3n) is 5.51. The van der Waals surface area contributed by atoms with Gasteiger partial charge in [-0.3, -0.25) is 4.79 Å². The lowest BCUT2D eigenvalue weighted by atomic mass is 9.99. The molecule has 0 bridgehead atoms. The van der Waals surface area contributed by atoms with E-state index in [1.165, 1.54) is 16.7 Å². The van der Waals surface area contributed by atoms with E-state index in [4.69, 9.17) is 4.74 Å². The number of rotatable bonds is 6. The summed E-state index contributed by atoms with van der Waals surface area (Å²) in [6.07, 6.45) is 3.92. The summed E-state index contributed by atoms with van der Waals surface area (Å²) < 4.78 is 8.21. The molecule has 0 saturated carbocycles. The topological polar surface area (TPSA) is 30.7 Å². The molecule has 146 valence electrons. The number of hydrogen-bond acceptors (Lipinski definition) is 2. The van der Waals surface area contributed by atoms with Crippen LogP contribution in [-0.2, 0) is 13.0 Å². The maximum Gasteiger partial charge on any atom is 0.167 e. The van der Waals surface area contributed by atoms with Crippen LogP contribution in [0, 0.1) is 13.8 Å². The standard InChI is InChI=1S/C26H25NO2/c1-4-20-10-11-22-14-23(25(16-28)27(22)15-20)24-12-18(2)19(3)13-26(24)29-17-21-8-6-5-7-9-21/h5-16H,4,17H2,1-3H3. The van der Waals surface area contributed by atoms with Crippen molar-refractivity contribution in [3.63, 3.8) is 0 Å². The maximum atomic E-state index is 12.1. The van der Waals surface area contributed by atoms with Gasteiger partial charge in [0.15, 0.2) is 6.29 Å². The average molecular weight is 383 g/mol. The van der Waals surface area contributed by atoms with Gasteiger partial charge in [0.2, 0.25) is 0 Å². The summed E-state index contributed by atoms with van der Waals surface area (Å²) >= 11 is 0. The lowest BCUT2D eigenvalue weighted by molar-refractivity contribution is 0.111. The Labute approximate surface area is 171 Å². The second-order valence-electron chi connectivity index (χ2n) is 7.45. The molecule has 0 amide bonds. The smallest absolute Gasteiger partial charge is 0.167 e. The van der Waals surface area contributed by atoms with Crippen LogP contribution in [-0.4, -0.2) is 10.7 Å². The quantitative estimate of drug-likeness (QED) is 0.372. The second-order valence-corrected chi connectivity index (χ2v) is 7.45. The molecule has 2 aromatic heterocycles. The largest absolute Gasteiger partial charge is 0.488 e. The van der Waals surface area contributed by atoms with E-state index in [1.807, 2.05) is 28.8 Å². The van der Waals surface area contributed by atoms with Crippen LogP contribution in [0.2, 0.25) is 0 Å². The summed E-state index contributed by atoms with van der Waals surface area (Å²) in [6, 6.07) is 20.6. The molecule has 0 aliphatic rings. The number of nitrogens with zero attached hydrogens (tertiary/aromatic N) is 1. The van der Waals surface area contributed by atoms with Crippen LogP contribution in [0.25, 0.3) is 16.6 Å². The van der Waals surface area contributed by atoms with Crippen LogP contribution in [0.1, 0.15) is 39.7 Å². The van der Waals surface area contributed by atoms with Gasteiger partial charge >= 0.3 is 0 Å². The van der Waals surface area contributed by atoms with E-state index in [1.54, 1.807) is 0 Å². The van der Waals surface area contributed by atoms with Gasteiger partial charge in [0, 0.05) is 22.8 Å². The van der Waals surface area contributed by atoms with Gasteiger partial charge in [-0.15, -0.1) is 0 Å². The summed E-state index contributed by atoms with van der Waals surface area (Å²) in [7, 11) is 0. The number of aromatic nitrogens is 1. The first-order valence-corrected chi connectivity index (χ1v) is 9.98. The summed E-state index contributed by atoms with van der Waals surface area (Å²) in [6.45, 7) is 6.77. The van der Waals surface area contributed by atoms with Gasteiger partial charge in [-0.2, -0.15) is 0 Å². The molecule has 0 saturated heterocycles. The third kappa shape index (κ3) is 3.68. The zero-order valence-electron chi connectivity index (χ0n) is 17.1. The van der Waals surface area contributed by atoms with Crippen LogP contribution in [0.15, 0.2) is 66.9 Å². The number of ether oxygens (including phenoxy) is 1. The molecule has 0 unspecified atom stereocenters. The van der Waals surface area contributed by atoms with E-state index in [9.17, 15) is 4.79 Å². The van der Waals surface area contributed by atoms with Gasteiger partial charge in [-0.1, -0.05) is 43.3 Å². The number of fused-ring (bicyclic) bond motifs is 1. The lowest BCUT2D eigenvalue weighted by Crippen LogP contribution is -2.00. The average Bonchev–Trinajstić information content (AvgIpc) is 3.12. The number of benzene rings is 2. The van der Waals surface area contributed by atoms with Gasteiger partial charge in [0.25, 0.3) is 0 Å². The molecule has 0 radical (unpaired) electrons. The highest BCUT2D eigenvalue weighted by molar-refractivity contribution is 5.91. The highest BCUT2D eigenvalue weighted by Crippen LogP contribution is 2.36. The zero-order chi connectivity index (χ0) is 20.4. The fraction of sp³-hybridized carbons (Fsp3) is 0.192. The predicted molar refractivity (Wildman–Crippen MR) is 118 cm³/mol. The summed E-state index contributed by atoms with van der Waals surface area (Å²) in [5.74, 6) is 0.798. The van der Waals surface area contributed by atoms with Crippen molar-refractivity contribution in [1.82, 2.24) is 4.40 Å². The van der Waals surface area contributed by atoms with Gasteiger partial charge in [-0.05, 0) is 66.8 Å². The van der Waals surface area contributed by atoms with E-state index < -0.39 is 0 Å². The summed E-state index contributed by atoms with van der Waals surface area (Å²) in [5.41, 5.74) is 8.17. The van der Waals surface area contributed by atoms with E-state index in [0.717, 1.165) is 40.7 Å². The molecule has 0 fully saturated rings. The first-order valence-electron chi connectivity index (χ1n) is 9.98. The molecule has 2 aromatic carbocycles. The van der Waals surface area contributed by atoms with Crippen LogP contribution in [0.3, 0.4) is 0 Å². The number of hydrogen-bond donors (Lipinski definition) is 0. The molecule has 3 heteroatoms. The van der Waals surface area contributed by atoms with E-state index in [2.05, 4.69) is 63.2 Å². The zero-order valence-corrected chi connectivity index (χ0v) is 17.1. The van der Waals surface area contributed by atoms with Crippen molar-refractivity contribution in [2.45, 2.75) is 33.8 Å². The highest BCUT2D eigenvalue weighted by Gasteiger charge is 2.17. The SMILES string of the molecule is CCc1ccc2cc(-c3cc(C)c(C)cc3OCc3ccccc3)c(C=O)n2c1. The molecule has 4 aromatic rings. The minimum atomic E-state index is 0.486. The highest BCUT2D eigenvalue weighted by atomic mass is 16.5. The van der Waals surface area contributed by atoms with E-state index >= 15 is 0 Å². The Bertz CT molecular complexity index is 1170. The first-order chi connectivity index (χ1) is 14.1. The monoisotopic (exact) mass is 383 g/mol. The number of aryl methyl sites for hydroxylation is 3. The van der Waals surface area contributed by atoms with Crippen LogP contribution in [0.4, 0.5) is 0 Å². The minimum Gasteiger partial charge on any atom is -0.488 e. The van der Waals surface area contributed by atoms with Gasteiger partial charge in [0.05, 0.1) is 5.69 Å². The maximum absolute atomic E-state index is 12.1. The molecule has 3 nitrogen and oxygen atoms in total. The van der Waals surface area contributed by atoms with Crippen LogP contribution >= 0.6 is 0 Å². The Hall–Kier alpha value is -3.33. The van der Waals surface area contributed by atoms with Crippen molar-refractivity contribution in [2.75, 3.05) is 0 Å². The Morgan fingerprint density at radius 2 is 1.66 bits per heavy atom. The molecule has 0 N–H and O–H groups in total. The van der Waals surface area contributed by atoms with Crippen molar-refractivity contribution >= 4 is 11.8 Å². The van der Waals surface area contributed by atoms with E-state index in [0.29, 0.717) is 12.3 Å². The molecule has 0 spiro atoms. The third-order valence-corrected chi connectivity index (χ3v) is 5.51. The first kappa shape index (κ1) is 19.0. The van der Waals surface area contributed by atoms with Crippen molar-refractivity contribution < 1.29 is 9.53 Å². The fourth-order valence-corrected chi connectivity index (χ4v) is 3.63. The Morgan fingerprint density at radius 3 is 2.38 bits per heavy atom. The molecule has 0 atom stereocenters. The van der Waals surface area contributed by atoms with Gasteiger partial charge < -0.3 is 9.14 Å². The molecule has 4 rings (SSSR count). The second kappa shape index (κ2) is 7.96. The fourth-order valence-electron chi connectivity index (χ4n) is 3.63. The lowest BCUT2D eigenvalue weighted by Gasteiger charge is -2.14. The molecular weight excluding hydrogens is 358 g/mol. The van der Waals surface area contributed by atoms with Crippen LogP contribution < -0.4 is 4.74 Å². The number of carbonyl (C=O) groups is 1. The van der Waals surface area contributed by atoms with E-state index in [-0.39, 0.29) is 0 Å². The van der Waals surface area contributed by atoms with Gasteiger partial charge in [0.1, 0.15) is 12.4 Å². The Kier molecular flexibility index (Phi) is 5.22. The molecule has 29 heavy (non-hydrogen) atoms. The molecule has 0 aliphatic heterocycles. The molecule has 0 aliphatic carbocycles. The normalized spacial score (nSPS) is 11.0. The summed E-state index contributed by atoms with van der Waals surface area (Å²) in [4.78, 5) is 12.1. The number of aldehydes is 1. The summed E-state index contributed by atoms with van der Waals surface area (Å²) in [5, 5.41) is 0. The van der Waals surface area contributed by atoms with Crippen molar-refractivity contribution in [2.24, 2.45) is 0 Å². The Morgan fingerprint density at radius 1 is 0.897 bits per heavy atom. The predicted octanol–water partition coefficient (Wildman–Crippen LogP) is 6.18. The Balaban J connectivity index is 1.83. The molecular formula is C26H25NO2. The van der Waals surface area contributed by atoms with Crippen molar-refractivity contribution in [1.29, 1.82) is 0 Å².